The average Bonchev–Trinajstić information content (AvgIpc) is 2.28. The third-order valence-corrected chi connectivity index (χ3v) is 4.42. The summed E-state index contributed by atoms with van der Waals surface area (Å²) < 4.78 is 22.1. The van der Waals surface area contributed by atoms with Gasteiger partial charge in [-0.3, -0.25) is 4.57 Å². The summed E-state index contributed by atoms with van der Waals surface area (Å²) in [4.78, 5) is 0. The lowest BCUT2D eigenvalue weighted by Gasteiger charge is -2.19. The zero-order valence-electron chi connectivity index (χ0n) is 8.38. The standard InChI is InChI=1S/C9H12BrO4P/c1-13-15(12,14-2)9(11)7-3-5-8(10)6-4-7/h3-6,9,11H,1-2H3/t9-/m1/s1. The maximum absolute atomic E-state index is 11.8. The maximum Gasteiger partial charge on any atom is 0.362 e. The van der Waals surface area contributed by atoms with Crippen LogP contribution in [0.4, 0.5) is 0 Å². The number of aliphatic hydroxyl groups is 1. The summed E-state index contributed by atoms with van der Waals surface area (Å²) in [6.07, 6.45) is 0. The van der Waals surface area contributed by atoms with E-state index in [0.29, 0.717) is 5.56 Å². The average molecular weight is 295 g/mol. The van der Waals surface area contributed by atoms with Crippen molar-refractivity contribution >= 4 is 23.5 Å². The maximum atomic E-state index is 11.8. The van der Waals surface area contributed by atoms with Crippen molar-refractivity contribution in [3.63, 3.8) is 0 Å². The van der Waals surface area contributed by atoms with Crippen LogP contribution in [0.3, 0.4) is 0 Å². The summed E-state index contributed by atoms with van der Waals surface area (Å²) in [5.41, 5.74) is 0.491. The molecule has 15 heavy (non-hydrogen) atoms. The van der Waals surface area contributed by atoms with Crippen molar-refractivity contribution in [3.05, 3.63) is 34.3 Å². The van der Waals surface area contributed by atoms with E-state index in [1.54, 1.807) is 24.3 Å². The Bertz CT molecular complexity index is 357. The summed E-state index contributed by atoms with van der Waals surface area (Å²) in [7, 11) is -0.984. The van der Waals surface area contributed by atoms with Gasteiger partial charge >= 0.3 is 7.60 Å². The summed E-state index contributed by atoms with van der Waals surface area (Å²) in [5, 5.41) is 9.80. The molecule has 0 unspecified atom stereocenters. The molecule has 0 aliphatic rings. The molecule has 84 valence electrons. The molecule has 1 aromatic carbocycles. The monoisotopic (exact) mass is 294 g/mol. The SMILES string of the molecule is COP(=O)(OC)[C@@H](O)c1ccc(Br)cc1. The second-order valence-corrected chi connectivity index (χ2v) is 6.04. The van der Waals surface area contributed by atoms with Gasteiger partial charge in [-0.25, -0.2) is 0 Å². The van der Waals surface area contributed by atoms with E-state index in [1.807, 2.05) is 0 Å². The zero-order chi connectivity index (χ0) is 11.5. The summed E-state index contributed by atoms with van der Waals surface area (Å²) >= 11 is 3.27. The predicted molar refractivity (Wildman–Crippen MR) is 60.7 cm³/mol. The molecule has 1 N–H and O–H groups in total. The largest absolute Gasteiger partial charge is 0.376 e. The Morgan fingerprint density at radius 1 is 1.27 bits per heavy atom. The fourth-order valence-corrected chi connectivity index (χ4v) is 2.44. The Hall–Kier alpha value is -0.190. The molecule has 0 aliphatic heterocycles. The van der Waals surface area contributed by atoms with E-state index >= 15 is 0 Å². The molecule has 0 saturated carbocycles. The number of halogens is 1. The van der Waals surface area contributed by atoms with Gasteiger partial charge in [-0.1, -0.05) is 28.1 Å². The van der Waals surface area contributed by atoms with E-state index in [0.717, 1.165) is 4.47 Å². The van der Waals surface area contributed by atoms with Crippen molar-refractivity contribution in [3.8, 4) is 0 Å². The second-order valence-electron chi connectivity index (χ2n) is 2.83. The molecule has 1 rings (SSSR count). The van der Waals surface area contributed by atoms with Crippen LogP contribution in [0.5, 0.6) is 0 Å². The highest BCUT2D eigenvalue weighted by atomic mass is 79.9. The van der Waals surface area contributed by atoms with Crippen LogP contribution in [0.2, 0.25) is 0 Å². The minimum atomic E-state index is -3.47. The third-order valence-electron chi connectivity index (χ3n) is 1.98. The minimum Gasteiger partial charge on any atom is -0.376 e. The summed E-state index contributed by atoms with van der Waals surface area (Å²) in [6, 6.07) is 6.79. The first-order valence-electron chi connectivity index (χ1n) is 4.18. The molecule has 0 spiro atoms. The zero-order valence-corrected chi connectivity index (χ0v) is 10.9. The van der Waals surface area contributed by atoms with E-state index < -0.39 is 13.4 Å². The molecule has 0 fully saturated rings. The molecule has 0 bridgehead atoms. The molecular weight excluding hydrogens is 283 g/mol. The van der Waals surface area contributed by atoms with Crippen molar-refractivity contribution < 1.29 is 18.7 Å². The lowest BCUT2D eigenvalue weighted by molar-refractivity contribution is 0.176. The van der Waals surface area contributed by atoms with Crippen molar-refractivity contribution in [2.45, 2.75) is 5.85 Å². The van der Waals surface area contributed by atoms with Gasteiger partial charge in [0, 0.05) is 18.7 Å². The first-order chi connectivity index (χ1) is 7.03. The first-order valence-corrected chi connectivity index (χ1v) is 6.58. The second kappa shape index (κ2) is 5.23. The van der Waals surface area contributed by atoms with Crippen LogP contribution in [-0.4, -0.2) is 19.3 Å². The third kappa shape index (κ3) is 2.89. The number of hydrogen-bond acceptors (Lipinski definition) is 4. The van der Waals surface area contributed by atoms with Crippen LogP contribution in [0, 0.1) is 0 Å². The highest BCUT2D eigenvalue weighted by molar-refractivity contribution is 9.10. The quantitative estimate of drug-likeness (QED) is 0.868. The van der Waals surface area contributed by atoms with E-state index in [1.165, 1.54) is 14.2 Å². The molecule has 4 nitrogen and oxygen atoms in total. The van der Waals surface area contributed by atoms with Crippen molar-refractivity contribution in [1.29, 1.82) is 0 Å². The van der Waals surface area contributed by atoms with Gasteiger partial charge < -0.3 is 14.2 Å². The van der Waals surface area contributed by atoms with Crippen molar-refractivity contribution in [1.82, 2.24) is 0 Å². The molecule has 0 aliphatic carbocycles. The highest BCUT2D eigenvalue weighted by Crippen LogP contribution is 2.58. The molecule has 0 aromatic heterocycles. The molecular formula is C9H12BrO4P. The number of aliphatic hydroxyl groups excluding tert-OH is 1. The van der Waals surface area contributed by atoms with Crippen LogP contribution in [0.1, 0.15) is 11.4 Å². The Kier molecular flexibility index (Phi) is 4.49. The summed E-state index contributed by atoms with van der Waals surface area (Å²) in [5.74, 6) is -1.26. The van der Waals surface area contributed by atoms with Gasteiger partial charge in [-0.2, -0.15) is 0 Å². The van der Waals surface area contributed by atoms with Gasteiger partial charge in [0.1, 0.15) is 0 Å². The smallest absolute Gasteiger partial charge is 0.362 e. The van der Waals surface area contributed by atoms with Crippen LogP contribution in [-0.2, 0) is 13.6 Å². The van der Waals surface area contributed by atoms with Gasteiger partial charge in [0.05, 0.1) is 0 Å². The molecule has 0 amide bonds. The first kappa shape index (κ1) is 12.9. The highest BCUT2D eigenvalue weighted by Gasteiger charge is 2.33. The van der Waals surface area contributed by atoms with Crippen LogP contribution >= 0.6 is 23.5 Å². The van der Waals surface area contributed by atoms with Crippen molar-refractivity contribution in [2.75, 3.05) is 14.2 Å². The van der Waals surface area contributed by atoms with E-state index in [9.17, 15) is 9.67 Å². The number of benzene rings is 1. The van der Waals surface area contributed by atoms with Crippen LogP contribution in [0.25, 0.3) is 0 Å². The van der Waals surface area contributed by atoms with E-state index in [2.05, 4.69) is 15.9 Å². The van der Waals surface area contributed by atoms with Gasteiger partial charge in [0.15, 0.2) is 5.85 Å². The molecule has 1 aromatic rings. The molecule has 0 heterocycles. The summed E-state index contributed by atoms with van der Waals surface area (Å²) in [6.45, 7) is 0. The fraction of sp³-hybridized carbons (Fsp3) is 0.333. The molecule has 0 saturated heterocycles. The van der Waals surface area contributed by atoms with Crippen LogP contribution < -0.4 is 0 Å². The topological polar surface area (TPSA) is 55.8 Å². The number of hydrogen-bond donors (Lipinski definition) is 1. The normalized spacial score (nSPS) is 13.9. The molecule has 0 radical (unpaired) electrons. The lowest BCUT2D eigenvalue weighted by Crippen LogP contribution is -2.02. The van der Waals surface area contributed by atoms with Gasteiger partial charge in [-0.05, 0) is 17.7 Å². The van der Waals surface area contributed by atoms with Crippen molar-refractivity contribution in [2.24, 2.45) is 0 Å². The van der Waals surface area contributed by atoms with Gasteiger partial charge in [0.2, 0.25) is 0 Å². The lowest BCUT2D eigenvalue weighted by atomic mass is 10.2. The van der Waals surface area contributed by atoms with E-state index in [4.69, 9.17) is 9.05 Å². The minimum absolute atomic E-state index is 0.491. The Balaban J connectivity index is 2.98. The van der Waals surface area contributed by atoms with E-state index in [-0.39, 0.29) is 0 Å². The Morgan fingerprint density at radius 2 is 1.73 bits per heavy atom. The Labute approximate surface area is 96.9 Å². The molecule has 6 heteroatoms. The van der Waals surface area contributed by atoms with Crippen LogP contribution in [0.15, 0.2) is 28.7 Å². The van der Waals surface area contributed by atoms with Gasteiger partial charge in [-0.15, -0.1) is 0 Å². The predicted octanol–water partition coefficient (Wildman–Crippen LogP) is 2.93. The Morgan fingerprint density at radius 3 is 2.13 bits per heavy atom. The number of rotatable bonds is 4. The molecule has 1 atom stereocenters. The van der Waals surface area contributed by atoms with Gasteiger partial charge in [0.25, 0.3) is 0 Å². The fourth-order valence-electron chi connectivity index (χ4n) is 1.09.